The minimum atomic E-state index is -4.45. The maximum absolute atomic E-state index is 12.5. The highest BCUT2D eigenvalue weighted by molar-refractivity contribution is 7.90. The third-order valence-corrected chi connectivity index (χ3v) is 5.58. The van der Waals surface area contributed by atoms with Crippen molar-refractivity contribution in [1.29, 1.82) is 0 Å². The monoisotopic (exact) mass is 441 g/mol. The Morgan fingerprint density at radius 1 is 1.20 bits per heavy atom. The molecule has 1 amide bonds. The zero-order valence-corrected chi connectivity index (χ0v) is 16.5. The molecule has 3 N–H and O–H groups in total. The van der Waals surface area contributed by atoms with Gasteiger partial charge in [-0.15, -0.1) is 0 Å². The third-order valence-electron chi connectivity index (χ3n) is 4.19. The Morgan fingerprint density at radius 3 is 2.60 bits per heavy atom. The molecule has 160 valence electrons. The highest BCUT2D eigenvalue weighted by Gasteiger charge is 2.31. The van der Waals surface area contributed by atoms with Crippen molar-refractivity contribution in [2.45, 2.75) is 24.0 Å². The van der Waals surface area contributed by atoms with E-state index in [4.69, 9.17) is 0 Å². The van der Waals surface area contributed by atoms with Gasteiger partial charge in [0.2, 0.25) is 5.91 Å². The van der Waals surface area contributed by atoms with Crippen LogP contribution in [0, 0.1) is 0 Å². The van der Waals surface area contributed by atoms with Crippen LogP contribution in [0.4, 0.5) is 19.0 Å². The Hall–Kier alpha value is -3.15. The number of nitrogens with one attached hydrogen (secondary N) is 3. The second kappa shape index (κ2) is 8.30. The van der Waals surface area contributed by atoms with Crippen LogP contribution in [-0.2, 0) is 21.0 Å². The van der Waals surface area contributed by atoms with E-state index in [0.29, 0.717) is 5.56 Å². The number of nitrogens with zero attached hydrogens (tertiary/aromatic N) is 2. The van der Waals surface area contributed by atoms with E-state index in [1.807, 2.05) is 0 Å². The van der Waals surface area contributed by atoms with E-state index in [2.05, 4.69) is 25.3 Å². The first-order valence-electron chi connectivity index (χ1n) is 8.83. The molecule has 0 fully saturated rings. The van der Waals surface area contributed by atoms with Gasteiger partial charge in [0.05, 0.1) is 10.5 Å². The topological polar surface area (TPSA) is 113 Å². The Bertz CT molecular complexity index is 1070. The van der Waals surface area contributed by atoms with Crippen LogP contribution in [-0.4, -0.2) is 44.3 Å². The second-order valence-corrected chi connectivity index (χ2v) is 8.05. The van der Waals surface area contributed by atoms with Crippen molar-refractivity contribution in [2.24, 2.45) is 4.99 Å². The molecular formula is C18H18F3N5O3S. The number of aromatic nitrogens is 1. The summed E-state index contributed by atoms with van der Waals surface area (Å²) in [5.74, 6) is -0.101. The summed E-state index contributed by atoms with van der Waals surface area (Å²) in [4.78, 5) is 20.1. The lowest BCUT2D eigenvalue weighted by Crippen LogP contribution is -2.36. The molecule has 0 bridgehead atoms. The summed E-state index contributed by atoms with van der Waals surface area (Å²) < 4.78 is 64.0. The number of halogens is 3. The predicted molar refractivity (Wildman–Crippen MR) is 104 cm³/mol. The molecule has 1 aromatic carbocycles. The smallest absolute Gasteiger partial charge is 0.368 e. The van der Waals surface area contributed by atoms with Gasteiger partial charge in [-0.25, -0.2) is 13.4 Å². The van der Waals surface area contributed by atoms with E-state index in [1.165, 1.54) is 19.1 Å². The minimum absolute atomic E-state index is 0.0975. The second-order valence-electron chi connectivity index (χ2n) is 6.40. The summed E-state index contributed by atoms with van der Waals surface area (Å²) in [6.45, 7) is 1.91. The van der Waals surface area contributed by atoms with E-state index in [9.17, 15) is 26.4 Å². The molecule has 2 heterocycles. The number of aliphatic imine (C=N–C) groups is 1. The summed E-state index contributed by atoms with van der Waals surface area (Å²) in [5.41, 5.74) is -0.453. The molecule has 1 aliphatic rings. The van der Waals surface area contributed by atoms with E-state index < -0.39 is 33.7 Å². The first kappa shape index (κ1) is 21.6. The summed E-state index contributed by atoms with van der Waals surface area (Å²) in [6, 6.07) is 7.55. The highest BCUT2D eigenvalue weighted by atomic mass is 32.2. The summed E-state index contributed by atoms with van der Waals surface area (Å²) in [6.07, 6.45) is -3.73. The Kier molecular flexibility index (Phi) is 5.97. The molecule has 3 rings (SSSR count). The number of pyridine rings is 1. The largest absolute Gasteiger partial charge is 0.417 e. The number of amidine groups is 1. The number of benzene rings is 1. The van der Waals surface area contributed by atoms with Crippen molar-refractivity contribution >= 4 is 27.6 Å². The quantitative estimate of drug-likeness (QED) is 0.592. The minimum Gasteiger partial charge on any atom is -0.368 e. The molecule has 2 aromatic rings. The Balaban J connectivity index is 1.52. The highest BCUT2D eigenvalue weighted by Crippen LogP contribution is 2.28. The molecule has 0 spiro atoms. The van der Waals surface area contributed by atoms with E-state index >= 15 is 0 Å². The van der Waals surface area contributed by atoms with Crippen LogP contribution >= 0.6 is 0 Å². The fourth-order valence-corrected chi connectivity index (χ4v) is 3.91. The lowest BCUT2D eigenvalue weighted by molar-refractivity contribution is -0.137. The lowest BCUT2D eigenvalue weighted by atomic mass is 10.2. The number of anilines is 1. The third kappa shape index (κ3) is 4.87. The molecule has 8 nitrogen and oxygen atoms in total. The number of rotatable bonds is 6. The average Bonchev–Trinajstić information content (AvgIpc) is 2.95. The molecule has 0 aliphatic carbocycles. The maximum Gasteiger partial charge on any atom is 0.417 e. The fourth-order valence-electron chi connectivity index (χ4n) is 2.67. The van der Waals surface area contributed by atoms with Crippen molar-refractivity contribution < 1.29 is 26.4 Å². The normalized spacial score (nSPS) is 17.1. The number of amides is 1. The van der Waals surface area contributed by atoms with E-state index in [-0.39, 0.29) is 29.6 Å². The number of carbonyl (C=O) groups excluding carboxylic acids is 1. The molecule has 0 saturated carbocycles. The van der Waals surface area contributed by atoms with Crippen LogP contribution in [0.2, 0.25) is 0 Å². The molecule has 30 heavy (non-hydrogen) atoms. The first-order chi connectivity index (χ1) is 14.1. The standard InChI is InChI=1S/C18H18F3N5O3S/c1-11(25-16-13-4-2-3-5-14(13)30(28,29)26-16)17(27)23-9-8-22-15-7-6-12(10-24-15)18(19,20)21/h2-7,10-11H,8-9H2,1H3,(H,22,24)(H,23,27)(H,25,26)/t11-/m0/s1. The Labute approximate surface area is 170 Å². The van der Waals surface area contributed by atoms with Crippen molar-refractivity contribution in [2.75, 3.05) is 18.4 Å². The van der Waals surface area contributed by atoms with Gasteiger partial charge in [-0.1, -0.05) is 12.1 Å². The van der Waals surface area contributed by atoms with Crippen molar-refractivity contribution in [1.82, 2.24) is 15.0 Å². The van der Waals surface area contributed by atoms with Gasteiger partial charge in [-0.3, -0.25) is 14.5 Å². The molecule has 0 saturated heterocycles. The Morgan fingerprint density at radius 2 is 1.93 bits per heavy atom. The number of hydrogen-bond donors (Lipinski definition) is 3. The number of carbonyl (C=O) groups is 1. The SMILES string of the molecule is C[C@H](N=C1NS(=O)(=O)c2ccccc21)C(=O)NCCNc1ccc(C(F)(F)F)cn1. The predicted octanol–water partition coefficient (Wildman–Crippen LogP) is 1.76. The number of sulfonamides is 1. The summed E-state index contributed by atoms with van der Waals surface area (Å²) in [5, 5.41) is 5.41. The van der Waals surface area contributed by atoms with Gasteiger partial charge in [0.25, 0.3) is 10.0 Å². The number of fused-ring (bicyclic) bond motifs is 1. The zero-order valence-electron chi connectivity index (χ0n) is 15.7. The van der Waals surface area contributed by atoms with Gasteiger partial charge >= 0.3 is 6.18 Å². The molecular weight excluding hydrogens is 423 g/mol. The van der Waals surface area contributed by atoms with Gasteiger partial charge < -0.3 is 10.6 Å². The maximum atomic E-state index is 12.5. The van der Waals surface area contributed by atoms with Gasteiger partial charge in [-0.05, 0) is 31.2 Å². The van der Waals surface area contributed by atoms with Gasteiger partial charge in [0.1, 0.15) is 17.7 Å². The van der Waals surface area contributed by atoms with Gasteiger partial charge in [0, 0.05) is 24.8 Å². The summed E-state index contributed by atoms with van der Waals surface area (Å²) in [7, 11) is -3.69. The van der Waals surface area contributed by atoms with Crippen molar-refractivity contribution in [3.63, 3.8) is 0 Å². The zero-order chi connectivity index (χ0) is 21.9. The molecule has 12 heteroatoms. The summed E-state index contributed by atoms with van der Waals surface area (Å²) >= 11 is 0. The van der Waals surface area contributed by atoms with Gasteiger partial charge in [-0.2, -0.15) is 13.2 Å². The van der Waals surface area contributed by atoms with Crippen LogP contribution in [0.1, 0.15) is 18.1 Å². The van der Waals surface area contributed by atoms with Crippen LogP contribution in [0.5, 0.6) is 0 Å². The van der Waals surface area contributed by atoms with Crippen LogP contribution in [0.3, 0.4) is 0 Å². The van der Waals surface area contributed by atoms with E-state index in [0.717, 1.165) is 12.3 Å². The molecule has 1 atom stereocenters. The first-order valence-corrected chi connectivity index (χ1v) is 10.3. The van der Waals surface area contributed by atoms with E-state index in [1.54, 1.807) is 18.2 Å². The molecule has 1 aromatic heterocycles. The van der Waals surface area contributed by atoms with Gasteiger partial charge in [0.15, 0.2) is 0 Å². The van der Waals surface area contributed by atoms with Crippen molar-refractivity contribution in [3.05, 3.63) is 53.7 Å². The average molecular weight is 441 g/mol. The molecule has 0 radical (unpaired) electrons. The fraction of sp³-hybridized carbons (Fsp3) is 0.278. The number of hydrogen-bond acceptors (Lipinski definition) is 6. The molecule has 1 aliphatic heterocycles. The van der Waals surface area contributed by atoms with Crippen LogP contribution in [0.15, 0.2) is 52.5 Å². The van der Waals surface area contributed by atoms with Crippen molar-refractivity contribution in [3.8, 4) is 0 Å². The molecule has 0 unspecified atom stereocenters. The lowest BCUT2D eigenvalue weighted by Gasteiger charge is -2.11. The number of alkyl halides is 3. The van der Waals surface area contributed by atoms with Crippen LogP contribution in [0.25, 0.3) is 0 Å². The van der Waals surface area contributed by atoms with Crippen LogP contribution < -0.4 is 15.4 Å².